The molecule has 0 spiro atoms. The number of aromatic nitrogens is 4. The number of nitrogens with one attached hydrogen (secondary N) is 2. The Morgan fingerprint density at radius 2 is 2.00 bits per heavy atom. The summed E-state index contributed by atoms with van der Waals surface area (Å²) in [5.41, 5.74) is 1.29. The fourth-order valence-electron chi connectivity index (χ4n) is 2.75. The molecule has 0 aliphatic carbocycles. The van der Waals surface area contributed by atoms with E-state index in [0.717, 1.165) is 11.3 Å². The molecule has 2 N–H and O–H groups in total. The van der Waals surface area contributed by atoms with Crippen molar-refractivity contribution < 1.29 is 2.85 Å². The third kappa shape index (κ3) is 3.55. The quantitative estimate of drug-likeness (QED) is 0.746. The number of benzene rings is 1. The van der Waals surface area contributed by atoms with Gasteiger partial charge in [0.25, 0.3) is 5.56 Å². The average molecular weight is 343 g/mol. The minimum Gasteiger partial charge on any atom is -0.365 e. The number of hydrogen-bond donors (Lipinski definition) is 2. The average Bonchev–Trinajstić information content (AvgIpc) is 3.08. The van der Waals surface area contributed by atoms with Crippen molar-refractivity contribution in [3.05, 3.63) is 75.5 Å². The Hall–Kier alpha value is -3.09. The third-order valence-electron chi connectivity index (χ3n) is 4.03. The van der Waals surface area contributed by atoms with Gasteiger partial charge < -0.3 is 9.88 Å². The van der Waals surface area contributed by atoms with Gasteiger partial charge in [-0.2, -0.15) is 0 Å². The van der Waals surface area contributed by atoms with Gasteiger partial charge in [0, 0.05) is 39.1 Å². The molecule has 1 atom stereocenters. The summed E-state index contributed by atoms with van der Waals surface area (Å²) in [6, 6.07) is 9.12. The Kier molecular flexibility index (Phi) is 4.56. The number of aromatic amines is 1. The molecule has 7 nitrogen and oxygen atoms in total. The van der Waals surface area contributed by atoms with E-state index < -0.39 is 5.69 Å². The highest BCUT2D eigenvalue weighted by molar-refractivity contribution is 5.41. The predicted molar refractivity (Wildman–Crippen MR) is 102 cm³/mol. The van der Waals surface area contributed by atoms with E-state index in [1.165, 1.54) is 10.6 Å². The van der Waals surface area contributed by atoms with E-state index in [0.29, 0.717) is 5.82 Å². The van der Waals surface area contributed by atoms with Gasteiger partial charge in [-0.15, -0.1) is 0 Å². The Morgan fingerprint density at radius 3 is 2.64 bits per heavy atom. The van der Waals surface area contributed by atoms with Crippen LogP contribution < -0.4 is 16.6 Å². The summed E-state index contributed by atoms with van der Waals surface area (Å²) in [5, 5.41) is 3.18. The molecule has 0 saturated heterocycles. The molecule has 3 aromatic rings. The van der Waals surface area contributed by atoms with Gasteiger partial charge in [0.15, 0.2) is 0 Å². The van der Waals surface area contributed by atoms with Crippen LogP contribution in [0.15, 0.2) is 58.6 Å². The van der Waals surface area contributed by atoms with Crippen LogP contribution in [0, 0.1) is 0 Å². The van der Waals surface area contributed by atoms with Crippen molar-refractivity contribution in [1.29, 1.82) is 0 Å². The van der Waals surface area contributed by atoms with Gasteiger partial charge in [0.1, 0.15) is 5.82 Å². The molecule has 0 saturated carbocycles. The fourth-order valence-corrected chi connectivity index (χ4v) is 2.75. The zero-order valence-electron chi connectivity index (χ0n) is 14.4. The molecule has 0 unspecified atom stereocenters. The van der Waals surface area contributed by atoms with E-state index in [-0.39, 0.29) is 20.5 Å². The summed E-state index contributed by atoms with van der Waals surface area (Å²) in [6.07, 6.45) is 5.34. The lowest BCUT2D eigenvalue weighted by atomic mass is 10.1. The van der Waals surface area contributed by atoms with Crippen LogP contribution in [0.1, 0.15) is 41.3 Å². The topological polar surface area (TPSA) is 84.7 Å². The SMILES string of the molecule is CC(C)n1c(=O)cc(N[C@@H](C)c2cccc(-n3ccnc3)c2)[nH]c1=O.[HH].[HH]. The second-order valence-electron chi connectivity index (χ2n) is 6.22. The number of imidazole rings is 1. The highest BCUT2D eigenvalue weighted by Gasteiger charge is 2.11. The Morgan fingerprint density at radius 1 is 1.20 bits per heavy atom. The lowest BCUT2D eigenvalue weighted by Crippen LogP contribution is -2.36. The molecule has 0 fully saturated rings. The zero-order valence-corrected chi connectivity index (χ0v) is 14.4. The van der Waals surface area contributed by atoms with Crippen LogP contribution in [-0.2, 0) is 0 Å². The number of nitrogens with zero attached hydrogens (tertiary/aromatic N) is 3. The van der Waals surface area contributed by atoms with E-state index in [2.05, 4.69) is 15.3 Å². The monoisotopic (exact) mass is 343 g/mol. The van der Waals surface area contributed by atoms with Crippen molar-refractivity contribution in [1.82, 2.24) is 19.1 Å². The van der Waals surface area contributed by atoms with Crippen LogP contribution >= 0.6 is 0 Å². The molecule has 0 amide bonds. The maximum Gasteiger partial charge on any atom is 0.330 e. The lowest BCUT2D eigenvalue weighted by molar-refractivity contribution is 0.546. The van der Waals surface area contributed by atoms with Crippen molar-refractivity contribution in [2.24, 2.45) is 0 Å². The van der Waals surface area contributed by atoms with Crippen LogP contribution in [-0.4, -0.2) is 19.1 Å². The molecule has 3 rings (SSSR count). The number of hydrogen-bond acceptors (Lipinski definition) is 4. The van der Waals surface area contributed by atoms with E-state index in [1.807, 2.05) is 42.0 Å². The minimum atomic E-state index is -0.413. The van der Waals surface area contributed by atoms with Gasteiger partial charge in [-0.3, -0.25) is 14.3 Å². The molecule has 7 heteroatoms. The van der Waals surface area contributed by atoms with Gasteiger partial charge in [-0.1, -0.05) is 12.1 Å². The first-order valence-corrected chi connectivity index (χ1v) is 8.16. The molecule has 0 aliphatic rings. The highest BCUT2D eigenvalue weighted by atomic mass is 16.2. The molecule has 134 valence electrons. The highest BCUT2D eigenvalue weighted by Crippen LogP contribution is 2.19. The number of rotatable bonds is 5. The fraction of sp³-hybridized carbons (Fsp3) is 0.278. The van der Waals surface area contributed by atoms with Crippen LogP contribution in [0.5, 0.6) is 0 Å². The first-order chi connectivity index (χ1) is 12.0. The normalized spacial score (nSPS) is 12.3. The summed E-state index contributed by atoms with van der Waals surface area (Å²) >= 11 is 0. The summed E-state index contributed by atoms with van der Waals surface area (Å²) < 4.78 is 3.11. The van der Waals surface area contributed by atoms with Gasteiger partial charge >= 0.3 is 5.69 Å². The molecule has 2 aromatic heterocycles. The number of H-pyrrole nitrogens is 1. The van der Waals surface area contributed by atoms with Crippen LogP contribution in [0.25, 0.3) is 5.69 Å². The van der Waals surface area contributed by atoms with Crippen LogP contribution in [0.2, 0.25) is 0 Å². The maximum atomic E-state index is 12.1. The zero-order chi connectivity index (χ0) is 18.0. The summed E-state index contributed by atoms with van der Waals surface area (Å²) in [7, 11) is 0. The number of anilines is 1. The van der Waals surface area contributed by atoms with Crippen molar-refractivity contribution in [3.8, 4) is 5.69 Å². The maximum absolute atomic E-state index is 12.1. The van der Waals surface area contributed by atoms with E-state index in [4.69, 9.17) is 0 Å². The summed E-state index contributed by atoms with van der Waals surface area (Å²) in [6.45, 7) is 5.57. The second-order valence-corrected chi connectivity index (χ2v) is 6.22. The molecule has 25 heavy (non-hydrogen) atoms. The van der Waals surface area contributed by atoms with Gasteiger partial charge in [-0.25, -0.2) is 9.78 Å². The Bertz CT molecular complexity index is 949. The molecule has 2 heterocycles. The van der Waals surface area contributed by atoms with Gasteiger partial charge in [-0.05, 0) is 38.5 Å². The van der Waals surface area contributed by atoms with Crippen molar-refractivity contribution >= 4 is 5.82 Å². The Labute approximate surface area is 148 Å². The predicted octanol–water partition coefficient (Wildman–Crippen LogP) is 2.97. The smallest absolute Gasteiger partial charge is 0.330 e. The molecule has 1 aromatic carbocycles. The van der Waals surface area contributed by atoms with Crippen molar-refractivity contribution in [2.45, 2.75) is 32.9 Å². The van der Waals surface area contributed by atoms with E-state index in [9.17, 15) is 9.59 Å². The molecule has 0 bridgehead atoms. The van der Waals surface area contributed by atoms with E-state index >= 15 is 0 Å². The Balaban J connectivity index is 0.00000182. The largest absolute Gasteiger partial charge is 0.365 e. The van der Waals surface area contributed by atoms with Gasteiger partial charge in [0.05, 0.1) is 6.33 Å². The molecular formula is C18H25N5O2. The summed E-state index contributed by atoms with van der Waals surface area (Å²) in [4.78, 5) is 31.0. The first kappa shape index (κ1) is 16.8. The minimum absolute atomic E-state index is 0. The van der Waals surface area contributed by atoms with Crippen molar-refractivity contribution in [3.63, 3.8) is 0 Å². The van der Waals surface area contributed by atoms with Gasteiger partial charge in [0.2, 0.25) is 0 Å². The third-order valence-corrected chi connectivity index (χ3v) is 4.03. The van der Waals surface area contributed by atoms with Crippen LogP contribution in [0.3, 0.4) is 0 Å². The first-order valence-electron chi connectivity index (χ1n) is 8.16. The standard InChI is InChI=1S/C18H21N5O2.2H2/c1-12(2)23-17(24)10-16(21-18(23)25)20-13(3)14-5-4-6-15(9-14)22-8-7-19-11-22;;/h4-13,20H,1-3H3,(H,21,25);2*1H/t13-;;/m0../s1. The molecular weight excluding hydrogens is 318 g/mol. The van der Waals surface area contributed by atoms with Crippen LogP contribution in [0.4, 0.5) is 5.82 Å². The molecule has 0 aliphatic heterocycles. The summed E-state index contributed by atoms with van der Waals surface area (Å²) in [5.74, 6) is 0.410. The second kappa shape index (κ2) is 6.80. The van der Waals surface area contributed by atoms with Crippen molar-refractivity contribution in [2.75, 3.05) is 5.32 Å². The molecule has 0 radical (unpaired) electrons. The van der Waals surface area contributed by atoms with E-state index in [1.54, 1.807) is 26.4 Å². The lowest BCUT2D eigenvalue weighted by Gasteiger charge is -2.17.